The van der Waals surface area contributed by atoms with Gasteiger partial charge in [0.25, 0.3) is 0 Å². The number of aromatic amines is 1. The number of H-pyrrole nitrogens is 1. The van der Waals surface area contributed by atoms with Gasteiger partial charge in [0.1, 0.15) is 5.82 Å². The Kier molecular flexibility index (Phi) is 14.2. The molecule has 2 N–H and O–H groups in total. The van der Waals surface area contributed by atoms with E-state index in [0.29, 0.717) is 0 Å². The summed E-state index contributed by atoms with van der Waals surface area (Å²) in [6, 6.07) is 0. The van der Waals surface area contributed by atoms with Gasteiger partial charge in [-0.15, -0.1) is 5.10 Å². The molecule has 1 aromatic rings. The maximum Gasteiger partial charge on any atom is 0.148 e. The molecule has 1 heterocycles. The van der Waals surface area contributed by atoms with Crippen LogP contribution in [0.5, 0.6) is 0 Å². The lowest BCUT2D eigenvalue weighted by Gasteiger charge is -2.03. The number of nitrogens with zero attached hydrogens (tertiary/aromatic N) is 3. The fourth-order valence-corrected chi connectivity index (χ4v) is 3.02. The Morgan fingerprint density at radius 3 is 2.16 bits per heavy atom. The number of hydrogen-bond acceptors (Lipinski definition) is 4. The number of allylic oxidation sites excluding steroid dienone is 1. The first kappa shape index (κ1) is 21.8. The predicted molar refractivity (Wildman–Crippen MR) is 103 cm³/mol. The van der Waals surface area contributed by atoms with Crippen LogP contribution in [0.2, 0.25) is 0 Å². The number of rotatable bonds is 17. The lowest BCUT2D eigenvalue weighted by Crippen LogP contribution is -2.00. The van der Waals surface area contributed by atoms with Crippen LogP contribution in [0.1, 0.15) is 103 Å². The van der Waals surface area contributed by atoms with E-state index in [2.05, 4.69) is 33.6 Å². The quantitative estimate of drug-likeness (QED) is 0.301. The zero-order valence-corrected chi connectivity index (χ0v) is 16.1. The summed E-state index contributed by atoms with van der Waals surface area (Å²) in [6.07, 6.45) is 22.3. The average molecular weight is 351 g/mol. The number of aryl methyl sites for hydroxylation is 1. The molecular weight excluding hydrogens is 312 g/mol. The lowest BCUT2D eigenvalue weighted by molar-refractivity contribution is 0.209. The van der Waals surface area contributed by atoms with E-state index in [1.807, 2.05) is 6.08 Å². The van der Waals surface area contributed by atoms with E-state index in [1.54, 1.807) is 0 Å². The summed E-state index contributed by atoms with van der Waals surface area (Å²) < 4.78 is 0. The van der Waals surface area contributed by atoms with Crippen molar-refractivity contribution in [2.45, 2.75) is 109 Å². The minimum atomic E-state index is -0.229. The zero-order valence-electron chi connectivity index (χ0n) is 16.1. The summed E-state index contributed by atoms with van der Waals surface area (Å²) in [5.41, 5.74) is 0. The van der Waals surface area contributed by atoms with Gasteiger partial charge in [-0.2, -0.15) is 0 Å². The highest BCUT2D eigenvalue weighted by Gasteiger charge is 1.98. The molecule has 0 bridgehead atoms. The van der Waals surface area contributed by atoms with Gasteiger partial charge in [-0.05, 0) is 36.1 Å². The summed E-state index contributed by atoms with van der Waals surface area (Å²) >= 11 is 0. The van der Waals surface area contributed by atoms with Crippen molar-refractivity contribution in [1.29, 1.82) is 0 Å². The highest BCUT2D eigenvalue weighted by atomic mass is 16.3. The van der Waals surface area contributed by atoms with Gasteiger partial charge >= 0.3 is 0 Å². The number of unbranched alkanes of at least 4 members (excludes halogenated alkanes) is 11. The van der Waals surface area contributed by atoms with E-state index in [1.165, 1.54) is 64.2 Å². The van der Waals surface area contributed by atoms with Gasteiger partial charge in [0.05, 0.1) is 6.10 Å². The van der Waals surface area contributed by atoms with Crippen LogP contribution in [0.4, 0.5) is 0 Å². The Hall–Kier alpha value is -1.23. The molecule has 0 amide bonds. The zero-order chi connectivity index (χ0) is 18.0. The Bertz CT molecular complexity index is 406. The van der Waals surface area contributed by atoms with Crippen LogP contribution in [0.3, 0.4) is 0 Å². The molecule has 5 nitrogen and oxygen atoms in total. The van der Waals surface area contributed by atoms with Crippen LogP contribution >= 0.6 is 0 Å². The van der Waals surface area contributed by atoms with Crippen molar-refractivity contribution in [3.05, 3.63) is 18.0 Å². The molecule has 25 heavy (non-hydrogen) atoms. The number of nitrogens with one attached hydrogen (secondary N) is 1. The highest BCUT2D eigenvalue weighted by Crippen LogP contribution is 2.12. The summed E-state index contributed by atoms with van der Waals surface area (Å²) in [5, 5.41) is 23.6. The van der Waals surface area contributed by atoms with E-state index in [4.69, 9.17) is 0 Å². The van der Waals surface area contributed by atoms with E-state index in [9.17, 15) is 5.11 Å². The molecule has 0 spiro atoms. The van der Waals surface area contributed by atoms with Crippen LogP contribution in [-0.2, 0) is 6.42 Å². The second-order valence-electron chi connectivity index (χ2n) is 7.06. The Balaban J connectivity index is 1.75. The summed E-state index contributed by atoms with van der Waals surface area (Å²) in [7, 11) is 0. The van der Waals surface area contributed by atoms with Crippen molar-refractivity contribution in [2.75, 3.05) is 0 Å². The molecule has 144 valence electrons. The van der Waals surface area contributed by atoms with Crippen LogP contribution < -0.4 is 0 Å². The molecule has 1 atom stereocenters. The fraction of sp³-hybridized carbons (Fsp3) is 0.850. The highest BCUT2D eigenvalue weighted by molar-refractivity contribution is 4.88. The SMILES string of the molecule is CCCC[C@@H](O)/C=C\CCCCCCCCCCCCc1nnn[nH]1. The first-order valence-electron chi connectivity index (χ1n) is 10.4. The van der Waals surface area contributed by atoms with Gasteiger partial charge < -0.3 is 5.11 Å². The van der Waals surface area contributed by atoms with Crippen LogP contribution in [0, 0.1) is 0 Å². The molecule has 1 aromatic heterocycles. The van der Waals surface area contributed by atoms with Crippen molar-refractivity contribution in [2.24, 2.45) is 0 Å². The monoisotopic (exact) mass is 350 g/mol. The van der Waals surface area contributed by atoms with Crippen molar-refractivity contribution in [3.8, 4) is 0 Å². The van der Waals surface area contributed by atoms with Crippen molar-refractivity contribution < 1.29 is 5.11 Å². The molecule has 0 aliphatic rings. The van der Waals surface area contributed by atoms with Gasteiger partial charge in [0.2, 0.25) is 0 Å². The number of aromatic nitrogens is 4. The molecule has 1 rings (SSSR count). The molecule has 0 aliphatic carbocycles. The largest absolute Gasteiger partial charge is 0.389 e. The molecule has 0 aliphatic heterocycles. The maximum atomic E-state index is 9.71. The Labute approximate surface area is 153 Å². The van der Waals surface area contributed by atoms with E-state index < -0.39 is 0 Å². The number of aliphatic hydroxyl groups is 1. The minimum Gasteiger partial charge on any atom is -0.389 e. The maximum absolute atomic E-state index is 9.71. The topological polar surface area (TPSA) is 74.7 Å². The third-order valence-corrected chi connectivity index (χ3v) is 4.64. The second-order valence-corrected chi connectivity index (χ2v) is 7.06. The minimum absolute atomic E-state index is 0.229. The van der Waals surface area contributed by atoms with Gasteiger partial charge in [-0.1, -0.05) is 83.3 Å². The molecule has 0 radical (unpaired) electrons. The summed E-state index contributed by atoms with van der Waals surface area (Å²) in [4.78, 5) is 0. The Morgan fingerprint density at radius 2 is 1.56 bits per heavy atom. The third kappa shape index (κ3) is 13.7. The number of tetrazole rings is 1. The summed E-state index contributed by atoms with van der Waals surface area (Å²) in [6.45, 7) is 2.16. The molecular formula is C20H38N4O. The average Bonchev–Trinajstić information content (AvgIpc) is 3.13. The first-order valence-corrected chi connectivity index (χ1v) is 10.4. The van der Waals surface area contributed by atoms with Gasteiger partial charge in [-0.25, -0.2) is 5.10 Å². The predicted octanol–water partition coefficient (Wildman–Crippen LogP) is 5.14. The van der Waals surface area contributed by atoms with Crippen LogP contribution in [-0.4, -0.2) is 31.8 Å². The van der Waals surface area contributed by atoms with Gasteiger partial charge in [0.15, 0.2) is 0 Å². The second kappa shape index (κ2) is 16.2. The van der Waals surface area contributed by atoms with Crippen LogP contribution in [0.25, 0.3) is 0 Å². The molecule has 0 unspecified atom stereocenters. The first-order chi connectivity index (χ1) is 12.3. The molecule has 0 saturated heterocycles. The molecule has 0 aromatic carbocycles. The Morgan fingerprint density at radius 1 is 0.920 bits per heavy atom. The smallest absolute Gasteiger partial charge is 0.148 e. The van der Waals surface area contributed by atoms with Gasteiger partial charge in [0, 0.05) is 6.42 Å². The van der Waals surface area contributed by atoms with Gasteiger partial charge in [-0.3, -0.25) is 0 Å². The molecule has 5 heteroatoms. The lowest BCUT2D eigenvalue weighted by atomic mass is 10.0. The molecule has 0 fully saturated rings. The normalized spacial score (nSPS) is 12.9. The molecule has 0 saturated carbocycles. The van der Waals surface area contributed by atoms with E-state index in [0.717, 1.165) is 37.9 Å². The van der Waals surface area contributed by atoms with Crippen molar-refractivity contribution in [1.82, 2.24) is 20.6 Å². The van der Waals surface area contributed by atoms with Crippen molar-refractivity contribution >= 4 is 0 Å². The standard InChI is InChI=1S/C20H38N4O/c1-2-3-16-19(25)17-14-12-10-8-6-4-5-7-9-11-13-15-18-20-21-23-24-22-20/h14,17,19,25H,2-13,15-16,18H2,1H3,(H,21,22,23,24)/b17-14-/t19-/m1/s1. The number of aliphatic hydroxyl groups excluding tert-OH is 1. The van der Waals surface area contributed by atoms with Crippen LogP contribution in [0.15, 0.2) is 12.2 Å². The number of hydrogen-bond donors (Lipinski definition) is 2. The fourth-order valence-electron chi connectivity index (χ4n) is 3.02. The van der Waals surface area contributed by atoms with Crippen molar-refractivity contribution in [3.63, 3.8) is 0 Å². The summed E-state index contributed by atoms with van der Waals surface area (Å²) in [5.74, 6) is 0.908. The third-order valence-electron chi connectivity index (χ3n) is 4.64. The van der Waals surface area contributed by atoms with E-state index >= 15 is 0 Å². The van der Waals surface area contributed by atoms with E-state index in [-0.39, 0.29) is 6.10 Å².